The van der Waals surface area contributed by atoms with Gasteiger partial charge in [-0.1, -0.05) is 5.21 Å². The fourth-order valence-electron chi connectivity index (χ4n) is 3.61. The molecule has 3 aromatic heterocycles. The number of rotatable bonds is 9. The Morgan fingerprint density at radius 1 is 1.24 bits per heavy atom. The topological polar surface area (TPSA) is 115 Å². The number of nitrogens with one attached hydrogen (secondary N) is 2. The Morgan fingerprint density at radius 3 is 2.82 bits per heavy atom. The van der Waals surface area contributed by atoms with Gasteiger partial charge < -0.3 is 14.8 Å². The molecule has 0 unspecified atom stereocenters. The summed E-state index contributed by atoms with van der Waals surface area (Å²) in [6.07, 6.45) is 2.98. The third-order valence-corrected chi connectivity index (χ3v) is 5.36. The molecule has 1 amide bonds. The van der Waals surface area contributed by atoms with Gasteiger partial charge in [0.25, 0.3) is 5.91 Å². The largest absolute Gasteiger partial charge is 0.490 e. The second-order valence-corrected chi connectivity index (χ2v) is 7.59. The fourth-order valence-corrected chi connectivity index (χ4v) is 3.61. The van der Waals surface area contributed by atoms with Gasteiger partial charge >= 0.3 is 0 Å². The van der Waals surface area contributed by atoms with Crippen molar-refractivity contribution in [2.45, 2.75) is 26.7 Å². The molecule has 4 rings (SSSR count). The number of hydrogen-bond acceptors (Lipinski definition) is 7. The molecule has 0 spiro atoms. The number of H-pyrrole nitrogens is 1. The summed E-state index contributed by atoms with van der Waals surface area (Å²) in [5.41, 5.74) is 3.26. The van der Waals surface area contributed by atoms with Crippen LogP contribution in [0, 0.1) is 12.7 Å². The highest BCUT2D eigenvalue weighted by molar-refractivity contribution is 5.99. The Morgan fingerprint density at radius 2 is 2.09 bits per heavy atom. The monoisotopic (exact) mass is 464 g/mol. The number of amides is 1. The summed E-state index contributed by atoms with van der Waals surface area (Å²) in [4.78, 5) is 21.3. The van der Waals surface area contributed by atoms with Crippen LogP contribution in [0.3, 0.4) is 0 Å². The van der Waals surface area contributed by atoms with Crippen molar-refractivity contribution in [3.05, 3.63) is 59.3 Å². The number of pyridine rings is 2. The average Bonchev–Trinajstić information content (AvgIpc) is 3.27. The average molecular weight is 465 g/mol. The smallest absolute Gasteiger partial charge is 0.251 e. The maximum absolute atomic E-state index is 15.4. The number of halogens is 1. The maximum atomic E-state index is 15.4. The summed E-state index contributed by atoms with van der Waals surface area (Å²) in [7, 11) is 1.49. The molecule has 0 bridgehead atoms. The molecule has 2 N–H and O–H groups in total. The third-order valence-electron chi connectivity index (χ3n) is 5.36. The van der Waals surface area contributed by atoms with E-state index >= 15 is 4.39 Å². The number of aromatic amines is 1. The Labute approximate surface area is 195 Å². The SMILES string of the molecule is CCOc1c(F)c(-c2ccnc(OC)c2)nc2cc(C(=O)NCCCc3[nH]nnc3C)ccc12. The minimum absolute atomic E-state index is 0.0915. The molecule has 0 saturated carbocycles. The Kier molecular flexibility index (Phi) is 6.95. The van der Waals surface area contributed by atoms with Gasteiger partial charge in [0.15, 0.2) is 11.6 Å². The molecule has 9 nitrogen and oxygen atoms in total. The summed E-state index contributed by atoms with van der Waals surface area (Å²) < 4.78 is 26.2. The summed E-state index contributed by atoms with van der Waals surface area (Å²) in [5.74, 6) is -0.388. The number of benzene rings is 1. The van der Waals surface area contributed by atoms with Gasteiger partial charge in [-0.3, -0.25) is 9.89 Å². The normalized spacial score (nSPS) is 10.9. The molecule has 176 valence electrons. The number of methoxy groups -OCH3 is 1. The predicted molar refractivity (Wildman–Crippen MR) is 124 cm³/mol. The Bertz CT molecular complexity index is 1320. The number of carbonyl (C=O) groups excluding carboxylic acids is 1. The number of nitrogens with zero attached hydrogens (tertiary/aromatic N) is 4. The van der Waals surface area contributed by atoms with Crippen molar-refractivity contribution < 1.29 is 18.7 Å². The van der Waals surface area contributed by atoms with Gasteiger partial charge in [-0.2, -0.15) is 0 Å². The molecule has 0 atom stereocenters. The van der Waals surface area contributed by atoms with Crippen LogP contribution >= 0.6 is 0 Å². The third kappa shape index (κ3) is 4.80. The van der Waals surface area contributed by atoms with E-state index in [4.69, 9.17) is 9.47 Å². The molecule has 3 heterocycles. The second-order valence-electron chi connectivity index (χ2n) is 7.59. The van der Waals surface area contributed by atoms with E-state index < -0.39 is 5.82 Å². The predicted octanol–water partition coefficient (Wildman–Crippen LogP) is 3.63. The van der Waals surface area contributed by atoms with Crippen molar-refractivity contribution in [1.82, 2.24) is 30.7 Å². The first kappa shape index (κ1) is 23.1. The number of fused-ring (bicyclic) bond motifs is 1. The first-order chi connectivity index (χ1) is 16.5. The zero-order valence-corrected chi connectivity index (χ0v) is 19.2. The summed E-state index contributed by atoms with van der Waals surface area (Å²) in [6, 6.07) is 8.17. The van der Waals surface area contributed by atoms with Crippen LogP contribution in [-0.2, 0) is 6.42 Å². The summed E-state index contributed by atoms with van der Waals surface area (Å²) in [5, 5.41) is 13.9. The van der Waals surface area contributed by atoms with Gasteiger partial charge in [-0.15, -0.1) is 5.10 Å². The van der Waals surface area contributed by atoms with Crippen LogP contribution in [0.25, 0.3) is 22.2 Å². The van der Waals surface area contributed by atoms with E-state index in [9.17, 15) is 4.79 Å². The molecule has 0 fully saturated rings. The van der Waals surface area contributed by atoms with Gasteiger partial charge in [-0.05, 0) is 51.0 Å². The van der Waals surface area contributed by atoms with Crippen molar-refractivity contribution in [1.29, 1.82) is 0 Å². The van der Waals surface area contributed by atoms with E-state index in [2.05, 4.69) is 30.7 Å². The minimum atomic E-state index is -0.580. The fraction of sp³-hybridized carbons (Fsp3) is 0.292. The van der Waals surface area contributed by atoms with Gasteiger partial charge in [0, 0.05) is 35.3 Å². The molecule has 0 radical (unpaired) electrons. The number of ether oxygens (including phenoxy) is 2. The van der Waals surface area contributed by atoms with E-state index in [-0.39, 0.29) is 24.0 Å². The zero-order chi connectivity index (χ0) is 24.1. The van der Waals surface area contributed by atoms with Crippen molar-refractivity contribution in [2.24, 2.45) is 0 Å². The van der Waals surface area contributed by atoms with Gasteiger partial charge in [0.2, 0.25) is 5.88 Å². The highest BCUT2D eigenvalue weighted by atomic mass is 19.1. The molecule has 0 saturated heterocycles. The van der Waals surface area contributed by atoms with Crippen molar-refractivity contribution in [2.75, 3.05) is 20.3 Å². The molecule has 4 aromatic rings. The van der Waals surface area contributed by atoms with Gasteiger partial charge in [0.05, 0.1) is 30.6 Å². The lowest BCUT2D eigenvalue weighted by Crippen LogP contribution is -2.24. The first-order valence-electron chi connectivity index (χ1n) is 10.9. The standard InChI is InChI=1S/C24H25FN6O3/c1-4-34-23-17-8-7-16(24(32)27-10-5-6-18-14(2)29-31-30-18)12-19(17)28-22(21(23)25)15-9-11-26-20(13-15)33-3/h7-9,11-13H,4-6,10H2,1-3H3,(H,27,32)(H,29,30,31). The van der Waals surface area contributed by atoms with E-state index in [0.717, 1.165) is 24.2 Å². The van der Waals surface area contributed by atoms with E-state index in [0.29, 0.717) is 34.5 Å². The molecule has 34 heavy (non-hydrogen) atoms. The lowest BCUT2D eigenvalue weighted by atomic mass is 10.1. The van der Waals surface area contributed by atoms with E-state index in [1.54, 1.807) is 37.3 Å². The van der Waals surface area contributed by atoms with Crippen LogP contribution in [0.2, 0.25) is 0 Å². The van der Waals surface area contributed by atoms with Crippen molar-refractivity contribution in [3.63, 3.8) is 0 Å². The van der Waals surface area contributed by atoms with E-state index in [1.807, 2.05) is 6.92 Å². The van der Waals surface area contributed by atoms with Crippen LogP contribution in [0.1, 0.15) is 35.1 Å². The van der Waals surface area contributed by atoms with E-state index in [1.165, 1.54) is 13.3 Å². The van der Waals surface area contributed by atoms with Crippen LogP contribution in [0.5, 0.6) is 11.6 Å². The quantitative estimate of drug-likeness (QED) is 0.364. The number of aryl methyl sites for hydroxylation is 2. The first-order valence-corrected chi connectivity index (χ1v) is 10.9. The van der Waals surface area contributed by atoms with Crippen molar-refractivity contribution >= 4 is 16.8 Å². The summed E-state index contributed by atoms with van der Waals surface area (Å²) >= 11 is 0. The molecule has 0 aliphatic heterocycles. The van der Waals surface area contributed by atoms with Crippen LogP contribution < -0.4 is 14.8 Å². The highest BCUT2D eigenvalue weighted by Gasteiger charge is 2.19. The molecule has 0 aliphatic carbocycles. The van der Waals surface area contributed by atoms with Crippen LogP contribution in [-0.4, -0.2) is 51.5 Å². The molecular formula is C24H25FN6O3. The Balaban J connectivity index is 1.60. The van der Waals surface area contributed by atoms with Gasteiger partial charge in [0.1, 0.15) is 5.69 Å². The molecule has 10 heteroatoms. The molecule has 1 aromatic carbocycles. The van der Waals surface area contributed by atoms with Crippen molar-refractivity contribution in [3.8, 4) is 22.9 Å². The lowest BCUT2D eigenvalue weighted by molar-refractivity contribution is 0.0953. The molecule has 0 aliphatic rings. The number of hydrogen-bond donors (Lipinski definition) is 2. The Hall–Kier alpha value is -4.08. The molecular weight excluding hydrogens is 439 g/mol. The number of carbonyl (C=O) groups is 1. The minimum Gasteiger partial charge on any atom is -0.490 e. The highest BCUT2D eigenvalue weighted by Crippen LogP contribution is 2.35. The second kappa shape index (κ2) is 10.2. The lowest BCUT2D eigenvalue weighted by Gasteiger charge is -2.13. The maximum Gasteiger partial charge on any atom is 0.251 e. The zero-order valence-electron chi connectivity index (χ0n) is 19.2. The number of aromatic nitrogens is 5. The van der Waals surface area contributed by atoms with Crippen LogP contribution in [0.15, 0.2) is 36.5 Å². The summed E-state index contributed by atoms with van der Waals surface area (Å²) in [6.45, 7) is 4.43. The van der Waals surface area contributed by atoms with Gasteiger partial charge in [-0.25, -0.2) is 14.4 Å². The van der Waals surface area contributed by atoms with Crippen LogP contribution in [0.4, 0.5) is 4.39 Å².